The van der Waals surface area contributed by atoms with Gasteiger partial charge in [-0.3, -0.25) is 4.57 Å². The fourth-order valence-corrected chi connectivity index (χ4v) is 5.24. The van der Waals surface area contributed by atoms with Crippen LogP contribution in [0.15, 0.2) is 18.6 Å². The molecule has 0 aliphatic heterocycles. The topological polar surface area (TPSA) is 148 Å². The molecule has 2 heterocycles. The lowest BCUT2D eigenvalue weighted by Crippen LogP contribution is -2.45. The van der Waals surface area contributed by atoms with Gasteiger partial charge >= 0.3 is 12.1 Å². The van der Waals surface area contributed by atoms with Crippen LogP contribution in [0.3, 0.4) is 0 Å². The summed E-state index contributed by atoms with van der Waals surface area (Å²) in [5.41, 5.74) is 4.24. The van der Waals surface area contributed by atoms with Crippen LogP contribution in [0, 0.1) is 5.92 Å². The number of sulfonamides is 1. The van der Waals surface area contributed by atoms with E-state index in [2.05, 4.69) is 30.4 Å². The quantitative estimate of drug-likeness (QED) is 0.533. The van der Waals surface area contributed by atoms with Crippen LogP contribution in [-0.2, 0) is 14.8 Å². The highest BCUT2D eigenvalue weighted by atomic mass is 32.2. The summed E-state index contributed by atoms with van der Waals surface area (Å²) in [4.78, 5) is 35.2. The molecule has 0 unspecified atom stereocenters. The van der Waals surface area contributed by atoms with E-state index in [9.17, 15) is 18.0 Å². The molecule has 2 aromatic heterocycles. The van der Waals surface area contributed by atoms with Crippen LogP contribution in [0.25, 0.3) is 11.0 Å². The first kappa shape index (κ1) is 25.7. The molecule has 12 nitrogen and oxygen atoms in total. The number of hydrazine groups is 1. The summed E-state index contributed by atoms with van der Waals surface area (Å²) in [6.45, 7) is 5.17. The van der Waals surface area contributed by atoms with Crippen molar-refractivity contribution in [3.63, 3.8) is 0 Å². The minimum absolute atomic E-state index is 0.134. The Morgan fingerprint density at radius 3 is 2.47 bits per heavy atom. The first-order valence-corrected chi connectivity index (χ1v) is 12.8. The van der Waals surface area contributed by atoms with Crippen LogP contribution in [0.2, 0.25) is 0 Å². The van der Waals surface area contributed by atoms with Gasteiger partial charge in [-0.15, -0.1) is 0 Å². The number of anilines is 1. The van der Waals surface area contributed by atoms with Crippen molar-refractivity contribution in [2.75, 3.05) is 24.7 Å². The Labute approximate surface area is 199 Å². The Morgan fingerprint density at radius 1 is 1.18 bits per heavy atom. The monoisotopic (exact) mass is 495 g/mol. The Kier molecular flexibility index (Phi) is 7.66. The van der Waals surface area contributed by atoms with E-state index in [1.807, 2.05) is 7.05 Å². The summed E-state index contributed by atoms with van der Waals surface area (Å²) >= 11 is 0. The van der Waals surface area contributed by atoms with Gasteiger partial charge in [0, 0.05) is 19.3 Å². The number of fused-ring (bicyclic) bond motifs is 1. The molecule has 0 atom stereocenters. The van der Waals surface area contributed by atoms with E-state index in [4.69, 9.17) is 4.74 Å². The summed E-state index contributed by atoms with van der Waals surface area (Å²) in [6, 6.07) is 1.34. The summed E-state index contributed by atoms with van der Waals surface area (Å²) < 4.78 is 32.5. The number of carbonyl (C=O) groups is 2. The van der Waals surface area contributed by atoms with Gasteiger partial charge in [-0.1, -0.05) is 0 Å². The molecule has 0 saturated heterocycles. The zero-order valence-electron chi connectivity index (χ0n) is 20.2. The van der Waals surface area contributed by atoms with Gasteiger partial charge in [0.25, 0.3) is 0 Å². The largest absolute Gasteiger partial charge is 0.443 e. The second-order valence-corrected chi connectivity index (χ2v) is 11.4. The highest BCUT2D eigenvalue weighted by Gasteiger charge is 2.28. The Bertz CT molecular complexity index is 1130. The minimum atomic E-state index is -3.22. The number of carbonyl (C=O) groups excluding carboxylic acids is 2. The predicted octanol–water partition coefficient (Wildman–Crippen LogP) is 1.97. The lowest BCUT2D eigenvalue weighted by Gasteiger charge is -2.35. The SMILES string of the molecule is CNS(=O)(=O)CC1CCC(N(C)c2ncnc3c2ccn3C(=O)NNC(=O)OC(C)(C)C)CC1. The fraction of sp³-hybridized carbons (Fsp3) is 0.619. The molecule has 2 aromatic rings. The maximum Gasteiger partial charge on any atom is 0.426 e. The van der Waals surface area contributed by atoms with Gasteiger partial charge in [-0.25, -0.2) is 43.5 Å². The molecule has 1 aliphatic rings. The maximum atomic E-state index is 12.6. The van der Waals surface area contributed by atoms with E-state index in [-0.39, 0.29) is 17.7 Å². The molecule has 3 N–H and O–H groups in total. The molecular weight excluding hydrogens is 462 g/mol. The highest BCUT2D eigenvalue weighted by Crippen LogP contribution is 2.32. The molecule has 1 fully saturated rings. The van der Waals surface area contributed by atoms with E-state index in [0.29, 0.717) is 16.9 Å². The van der Waals surface area contributed by atoms with Crippen molar-refractivity contribution in [3.8, 4) is 0 Å². The van der Waals surface area contributed by atoms with Gasteiger partial charge in [0.1, 0.15) is 17.7 Å². The Morgan fingerprint density at radius 2 is 1.85 bits per heavy atom. The van der Waals surface area contributed by atoms with Crippen LogP contribution in [0.5, 0.6) is 0 Å². The van der Waals surface area contributed by atoms with Crippen molar-refractivity contribution in [1.29, 1.82) is 0 Å². The standard InChI is InChI=1S/C21H33N7O5S/c1-21(2,3)33-20(30)26-25-19(29)28-11-10-16-17(23-13-24-18(16)28)27(5)15-8-6-14(7-9-15)12-34(31,32)22-4/h10-11,13-15,22H,6-9,12H2,1-5H3,(H,25,29)(H,26,30). The lowest BCUT2D eigenvalue weighted by molar-refractivity contribution is 0.0505. The number of hydrogen-bond acceptors (Lipinski definition) is 8. The van der Waals surface area contributed by atoms with Crippen molar-refractivity contribution >= 4 is 39.0 Å². The van der Waals surface area contributed by atoms with Gasteiger partial charge in [-0.05, 0) is 65.5 Å². The van der Waals surface area contributed by atoms with Crippen LogP contribution in [0.4, 0.5) is 15.4 Å². The number of hydrogen-bond donors (Lipinski definition) is 3. The van der Waals surface area contributed by atoms with Crippen molar-refractivity contribution in [3.05, 3.63) is 18.6 Å². The number of nitrogens with one attached hydrogen (secondary N) is 3. The molecule has 0 spiro atoms. The smallest absolute Gasteiger partial charge is 0.426 e. The zero-order valence-corrected chi connectivity index (χ0v) is 21.0. The van der Waals surface area contributed by atoms with E-state index >= 15 is 0 Å². The molecular formula is C21H33N7O5S. The first-order chi connectivity index (χ1) is 15.9. The number of amides is 2. The molecule has 34 heavy (non-hydrogen) atoms. The van der Waals surface area contributed by atoms with Crippen molar-refractivity contribution in [1.82, 2.24) is 30.1 Å². The van der Waals surface area contributed by atoms with Gasteiger partial charge in [0.05, 0.1) is 11.1 Å². The third-order valence-corrected chi connectivity index (χ3v) is 7.35. The van der Waals surface area contributed by atoms with Gasteiger partial charge in [-0.2, -0.15) is 0 Å². The van der Waals surface area contributed by atoms with E-state index in [0.717, 1.165) is 25.7 Å². The molecule has 1 aliphatic carbocycles. The second kappa shape index (κ2) is 10.1. The molecule has 1 saturated carbocycles. The predicted molar refractivity (Wildman–Crippen MR) is 128 cm³/mol. The van der Waals surface area contributed by atoms with Crippen LogP contribution in [0.1, 0.15) is 46.5 Å². The van der Waals surface area contributed by atoms with Gasteiger partial charge < -0.3 is 9.64 Å². The number of rotatable bonds is 5. The normalized spacial score (nSPS) is 19.0. The lowest BCUT2D eigenvalue weighted by atomic mass is 9.86. The van der Waals surface area contributed by atoms with E-state index < -0.39 is 27.7 Å². The van der Waals surface area contributed by atoms with Crippen molar-refractivity contribution < 1.29 is 22.7 Å². The summed E-state index contributed by atoms with van der Waals surface area (Å²) in [7, 11) is 0.161. The third kappa shape index (κ3) is 6.35. The minimum Gasteiger partial charge on any atom is -0.443 e. The maximum absolute atomic E-state index is 12.6. The van der Waals surface area contributed by atoms with Crippen molar-refractivity contribution in [2.45, 2.75) is 58.1 Å². The number of ether oxygens (including phenoxy) is 1. The Hall–Kier alpha value is -2.93. The summed E-state index contributed by atoms with van der Waals surface area (Å²) in [6.07, 6.45) is 5.48. The molecule has 0 bridgehead atoms. The molecule has 0 aromatic carbocycles. The van der Waals surface area contributed by atoms with Gasteiger partial charge in [0.2, 0.25) is 10.0 Å². The first-order valence-electron chi connectivity index (χ1n) is 11.2. The summed E-state index contributed by atoms with van der Waals surface area (Å²) in [5.74, 6) is 0.963. The average Bonchev–Trinajstić information content (AvgIpc) is 3.20. The molecule has 0 radical (unpaired) electrons. The van der Waals surface area contributed by atoms with Crippen LogP contribution in [-0.4, -0.2) is 66.6 Å². The molecule has 3 rings (SSSR count). The third-order valence-electron chi connectivity index (χ3n) is 5.81. The molecule has 188 valence electrons. The second-order valence-electron chi connectivity index (χ2n) is 9.45. The van der Waals surface area contributed by atoms with E-state index in [1.54, 1.807) is 33.0 Å². The number of nitrogens with zero attached hydrogens (tertiary/aromatic N) is 4. The molecule has 2 amide bonds. The van der Waals surface area contributed by atoms with Crippen LogP contribution >= 0.6 is 0 Å². The van der Waals surface area contributed by atoms with Crippen LogP contribution < -0.4 is 20.5 Å². The van der Waals surface area contributed by atoms with Crippen molar-refractivity contribution in [2.24, 2.45) is 5.92 Å². The molecule has 13 heteroatoms. The average molecular weight is 496 g/mol. The fourth-order valence-electron chi connectivity index (χ4n) is 4.12. The summed E-state index contributed by atoms with van der Waals surface area (Å²) in [5, 5.41) is 0.692. The zero-order chi connectivity index (χ0) is 25.1. The van der Waals surface area contributed by atoms with E-state index in [1.165, 1.54) is 17.9 Å². The highest BCUT2D eigenvalue weighted by molar-refractivity contribution is 7.89. The number of aromatic nitrogens is 3. The Balaban J connectivity index is 1.67. The van der Waals surface area contributed by atoms with Gasteiger partial charge in [0.15, 0.2) is 5.65 Å².